The van der Waals surface area contributed by atoms with E-state index in [0.717, 1.165) is 0 Å². The van der Waals surface area contributed by atoms with Crippen molar-refractivity contribution in [2.75, 3.05) is 37.2 Å². The van der Waals surface area contributed by atoms with Gasteiger partial charge in [0.15, 0.2) is 5.58 Å². The van der Waals surface area contributed by atoms with E-state index in [1.807, 2.05) is 13.8 Å². The van der Waals surface area contributed by atoms with Crippen LogP contribution in [0.5, 0.6) is 0 Å². The molecule has 1 aliphatic heterocycles. The average Bonchev–Trinajstić information content (AvgIpc) is 2.96. The molecule has 9 nitrogen and oxygen atoms in total. The van der Waals surface area contributed by atoms with Crippen LogP contribution in [-0.4, -0.2) is 60.2 Å². The number of nitrogens with zero attached hydrogens (tertiary/aromatic N) is 3. The standard InChI is InChI=1S/C17H24N4O5S/c1-4-27(24,25)20-9-7-19(8-10-20)16(22)18-13-5-6-14-15(11-13)26-17(23)21(14)12(2)3/h5-6,11-12H,4,7-10H2,1-3H3,(H,18,22). The zero-order valence-corrected chi connectivity index (χ0v) is 16.5. The summed E-state index contributed by atoms with van der Waals surface area (Å²) < 4.78 is 32.0. The Kier molecular flexibility index (Phi) is 5.29. The number of piperazine rings is 1. The molecule has 10 heteroatoms. The van der Waals surface area contributed by atoms with Crippen LogP contribution in [0.2, 0.25) is 0 Å². The lowest BCUT2D eigenvalue weighted by atomic mass is 10.2. The van der Waals surface area contributed by atoms with E-state index in [0.29, 0.717) is 29.9 Å². The molecule has 3 rings (SSSR count). The number of nitrogens with one attached hydrogen (secondary N) is 1. The Morgan fingerprint density at radius 2 is 1.89 bits per heavy atom. The van der Waals surface area contributed by atoms with Crippen molar-refractivity contribution in [3.8, 4) is 0 Å². The van der Waals surface area contributed by atoms with Crippen LogP contribution in [-0.2, 0) is 10.0 Å². The van der Waals surface area contributed by atoms with Gasteiger partial charge in [-0.1, -0.05) is 0 Å². The highest BCUT2D eigenvalue weighted by molar-refractivity contribution is 7.89. The smallest absolute Gasteiger partial charge is 0.408 e. The minimum atomic E-state index is -3.23. The molecule has 0 radical (unpaired) electrons. The van der Waals surface area contributed by atoms with Crippen molar-refractivity contribution in [3.63, 3.8) is 0 Å². The summed E-state index contributed by atoms with van der Waals surface area (Å²) in [5, 5.41) is 2.78. The minimum Gasteiger partial charge on any atom is -0.408 e. The molecule has 0 aliphatic carbocycles. The molecule has 2 heterocycles. The van der Waals surface area contributed by atoms with Crippen molar-refractivity contribution in [1.82, 2.24) is 13.8 Å². The van der Waals surface area contributed by atoms with Gasteiger partial charge in [0.05, 0.1) is 11.3 Å². The van der Waals surface area contributed by atoms with Gasteiger partial charge in [-0.2, -0.15) is 4.31 Å². The molecule has 1 fully saturated rings. The van der Waals surface area contributed by atoms with Crippen LogP contribution in [0, 0.1) is 0 Å². The van der Waals surface area contributed by atoms with E-state index in [9.17, 15) is 18.0 Å². The zero-order chi connectivity index (χ0) is 19.8. The maximum atomic E-state index is 12.5. The van der Waals surface area contributed by atoms with Gasteiger partial charge in [0.25, 0.3) is 0 Å². The van der Waals surface area contributed by atoms with Gasteiger partial charge in [0, 0.05) is 44.0 Å². The van der Waals surface area contributed by atoms with Crippen LogP contribution in [0.15, 0.2) is 27.4 Å². The molecule has 2 aromatic rings. The monoisotopic (exact) mass is 396 g/mol. The van der Waals surface area contributed by atoms with E-state index in [-0.39, 0.29) is 30.9 Å². The molecule has 0 unspecified atom stereocenters. The zero-order valence-electron chi connectivity index (χ0n) is 15.6. The average molecular weight is 396 g/mol. The number of sulfonamides is 1. The van der Waals surface area contributed by atoms with E-state index < -0.39 is 15.8 Å². The Morgan fingerprint density at radius 3 is 2.48 bits per heavy atom. The summed E-state index contributed by atoms with van der Waals surface area (Å²) in [6.07, 6.45) is 0. The number of hydrogen-bond donors (Lipinski definition) is 1. The highest BCUT2D eigenvalue weighted by Gasteiger charge is 2.27. The normalized spacial score (nSPS) is 16.2. The molecule has 0 atom stereocenters. The summed E-state index contributed by atoms with van der Waals surface area (Å²) in [5.41, 5.74) is 1.59. The number of carbonyl (C=O) groups is 1. The Hall–Kier alpha value is -2.33. The molecule has 1 aromatic heterocycles. The lowest BCUT2D eigenvalue weighted by Crippen LogP contribution is -2.51. The van der Waals surface area contributed by atoms with Gasteiger partial charge >= 0.3 is 11.8 Å². The Balaban J connectivity index is 1.69. The second-order valence-electron chi connectivity index (χ2n) is 6.73. The van der Waals surface area contributed by atoms with Crippen molar-refractivity contribution in [3.05, 3.63) is 28.7 Å². The largest absolute Gasteiger partial charge is 0.420 e. The van der Waals surface area contributed by atoms with E-state index in [1.165, 1.54) is 4.31 Å². The number of anilines is 1. The molecule has 1 N–H and O–H groups in total. The van der Waals surface area contributed by atoms with Crippen molar-refractivity contribution in [2.24, 2.45) is 0 Å². The number of oxazole rings is 1. The van der Waals surface area contributed by atoms with Crippen molar-refractivity contribution >= 4 is 32.8 Å². The summed E-state index contributed by atoms with van der Waals surface area (Å²) in [4.78, 5) is 26.0. The molecule has 0 bridgehead atoms. The van der Waals surface area contributed by atoms with Gasteiger partial charge in [0.2, 0.25) is 10.0 Å². The third-order valence-electron chi connectivity index (χ3n) is 4.67. The Bertz CT molecular complexity index is 1000. The number of hydrogen-bond acceptors (Lipinski definition) is 5. The molecule has 0 spiro atoms. The molecule has 0 saturated carbocycles. The highest BCUT2D eigenvalue weighted by Crippen LogP contribution is 2.21. The second kappa shape index (κ2) is 7.35. The fraction of sp³-hybridized carbons (Fsp3) is 0.529. The molecule has 148 valence electrons. The van der Waals surface area contributed by atoms with Crippen LogP contribution in [0.4, 0.5) is 10.5 Å². The predicted molar refractivity (Wildman–Crippen MR) is 102 cm³/mol. The van der Waals surface area contributed by atoms with E-state index >= 15 is 0 Å². The lowest BCUT2D eigenvalue weighted by Gasteiger charge is -2.33. The van der Waals surface area contributed by atoms with E-state index in [2.05, 4.69) is 5.32 Å². The maximum absolute atomic E-state index is 12.5. The fourth-order valence-corrected chi connectivity index (χ4v) is 4.24. The first-order valence-electron chi connectivity index (χ1n) is 8.91. The lowest BCUT2D eigenvalue weighted by molar-refractivity contribution is 0.184. The quantitative estimate of drug-likeness (QED) is 0.846. The number of urea groups is 1. The van der Waals surface area contributed by atoms with Crippen molar-refractivity contribution in [1.29, 1.82) is 0 Å². The minimum absolute atomic E-state index is 0.0325. The second-order valence-corrected chi connectivity index (χ2v) is 8.99. The topological polar surface area (TPSA) is 105 Å². The van der Waals surface area contributed by atoms with Crippen molar-refractivity contribution < 1.29 is 17.6 Å². The predicted octanol–water partition coefficient (Wildman–Crippen LogP) is 1.67. The maximum Gasteiger partial charge on any atom is 0.420 e. The van der Waals surface area contributed by atoms with Crippen LogP contribution in [0.1, 0.15) is 26.8 Å². The van der Waals surface area contributed by atoms with Gasteiger partial charge in [-0.05, 0) is 32.9 Å². The molecule has 1 aliphatic rings. The molecule has 1 saturated heterocycles. The number of fused-ring (bicyclic) bond motifs is 1. The van der Waals surface area contributed by atoms with Crippen LogP contribution < -0.4 is 11.1 Å². The summed E-state index contributed by atoms with van der Waals surface area (Å²) in [6.45, 7) is 6.62. The SMILES string of the molecule is CCS(=O)(=O)N1CCN(C(=O)Nc2ccc3c(c2)oc(=O)n3C(C)C)CC1. The third-order valence-corrected chi connectivity index (χ3v) is 6.55. The van der Waals surface area contributed by atoms with E-state index in [1.54, 1.807) is 34.6 Å². The van der Waals surface area contributed by atoms with Crippen LogP contribution in [0.25, 0.3) is 11.1 Å². The molecule has 1 aromatic carbocycles. The van der Waals surface area contributed by atoms with Gasteiger partial charge in [-0.3, -0.25) is 4.57 Å². The highest BCUT2D eigenvalue weighted by atomic mass is 32.2. The van der Waals surface area contributed by atoms with Gasteiger partial charge in [-0.25, -0.2) is 18.0 Å². The first-order chi connectivity index (χ1) is 12.7. The summed E-state index contributed by atoms with van der Waals surface area (Å²) in [7, 11) is -3.23. The van der Waals surface area contributed by atoms with Crippen molar-refractivity contribution in [2.45, 2.75) is 26.8 Å². The Morgan fingerprint density at radius 1 is 1.22 bits per heavy atom. The van der Waals surface area contributed by atoms with Crippen LogP contribution >= 0.6 is 0 Å². The summed E-state index contributed by atoms with van der Waals surface area (Å²) >= 11 is 0. The molecular formula is C17H24N4O5S. The van der Waals surface area contributed by atoms with Gasteiger partial charge in [0.1, 0.15) is 0 Å². The molecule has 27 heavy (non-hydrogen) atoms. The fourth-order valence-electron chi connectivity index (χ4n) is 3.16. The van der Waals surface area contributed by atoms with Gasteiger partial charge < -0.3 is 14.6 Å². The Labute approximate surface area is 157 Å². The molecular weight excluding hydrogens is 372 g/mol. The summed E-state index contributed by atoms with van der Waals surface area (Å²) in [6, 6.07) is 4.72. The third kappa shape index (κ3) is 3.86. The van der Waals surface area contributed by atoms with Gasteiger partial charge in [-0.15, -0.1) is 0 Å². The summed E-state index contributed by atoms with van der Waals surface area (Å²) in [5.74, 6) is -0.378. The van der Waals surface area contributed by atoms with E-state index in [4.69, 9.17) is 4.42 Å². The number of carbonyl (C=O) groups excluding carboxylic acids is 1. The first-order valence-corrected chi connectivity index (χ1v) is 10.5. The first kappa shape index (κ1) is 19.4. The van der Waals surface area contributed by atoms with Crippen LogP contribution in [0.3, 0.4) is 0 Å². The molecule has 2 amide bonds. The number of aromatic nitrogens is 1. The number of rotatable bonds is 4. The number of amides is 2. The number of benzene rings is 1.